The second-order valence-corrected chi connectivity index (χ2v) is 6.08. The molecular weight excluding hydrogens is 282 g/mol. The second kappa shape index (κ2) is 5.35. The molecule has 0 aromatic carbocycles. The van der Waals surface area contributed by atoms with Crippen LogP contribution in [0.25, 0.3) is 0 Å². The minimum absolute atomic E-state index is 0.0926. The van der Waals surface area contributed by atoms with Crippen LogP contribution >= 0.6 is 11.6 Å². The first-order valence-corrected chi connectivity index (χ1v) is 7.19. The number of carboxylic acid groups (broad SMARTS) is 1. The highest BCUT2D eigenvalue weighted by Gasteiger charge is 2.53. The number of aliphatic carboxylic acids is 1. The first-order valence-electron chi connectivity index (χ1n) is 6.82. The lowest BCUT2D eigenvalue weighted by atomic mass is 9.74. The van der Waals surface area contributed by atoms with Crippen LogP contribution in [0.1, 0.15) is 6.42 Å². The summed E-state index contributed by atoms with van der Waals surface area (Å²) >= 11 is 5.83. The predicted octanol–water partition coefficient (Wildman–Crippen LogP) is 0.960. The van der Waals surface area contributed by atoms with Crippen molar-refractivity contribution in [1.82, 2.24) is 14.7 Å². The third kappa shape index (κ3) is 2.43. The predicted molar refractivity (Wildman–Crippen MR) is 72.7 cm³/mol. The average molecular weight is 300 g/mol. The van der Waals surface area contributed by atoms with Gasteiger partial charge in [-0.2, -0.15) is 5.10 Å². The largest absolute Gasteiger partial charge is 0.481 e. The van der Waals surface area contributed by atoms with E-state index in [-0.39, 0.29) is 5.92 Å². The maximum absolute atomic E-state index is 11.7. The lowest BCUT2D eigenvalue weighted by Crippen LogP contribution is -2.44. The molecule has 2 aliphatic rings. The van der Waals surface area contributed by atoms with Crippen LogP contribution < -0.4 is 0 Å². The highest BCUT2D eigenvalue weighted by atomic mass is 35.5. The lowest BCUT2D eigenvalue weighted by molar-refractivity contribution is -0.157. The standard InChI is InChI=1S/C13H18ClN3O3/c14-11-5-15-17(7-11)3-2-16-6-10-8-20-4-1-13(10,9-16)12(18)19/h5,7,10H,1-4,6,8-9H2,(H,18,19)/t10-,13+/m1/s1. The molecule has 1 aromatic rings. The summed E-state index contributed by atoms with van der Waals surface area (Å²) in [5, 5.41) is 14.3. The van der Waals surface area contributed by atoms with E-state index < -0.39 is 11.4 Å². The Morgan fingerprint density at radius 1 is 1.60 bits per heavy atom. The van der Waals surface area contributed by atoms with Gasteiger partial charge in [0.15, 0.2) is 0 Å². The highest BCUT2D eigenvalue weighted by molar-refractivity contribution is 6.30. The summed E-state index contributed by atoms with van der Waals surface area (Å²) < 4.78 is 7.23. The number of ether oxygens (including phenoxy) is 1. The molecule has 0 saturated carbocycles. The van der Waals surface area contributed by atoms with Crippen LogP contribution in [0.5, 0.6) is 0 Å². The van der Waals surface area contributed by atoms with E-state index >= 15 is 0 Å². The topological polar surface area (TPSA) is 67.6 Å². The fourth-order valence-corrected chi connectivity index (χ4v) is 3.43. The van der Waals surface area contributed by atoms with Crippen molar-refractivity contribution in [1.29, 1.82) is 0 Å². The lowest BCUT2D eigenvalue weighted by Gasteiger charge is -2.34. The Hall–Kier alpha value is -1.11. The zero-order valence-electron chi connectivity index (χ0n) is 11.2. The molecule has 2 atom stereocenters. The number of rotatable bonds is 4. The van der Waals surface area contributed by atoms with Gasteiger partial charge in [-0.3, -0.25) is 14.4 Å². The van der Waals surface area contributed by atoms with Gasteiger partial charge in [-0.1, -0.05) is 11.6 Å². The molecule has 0 aliphatic carbocycles. The summed E-state index contributed by atoms with van der Waals surface area (Å²) in [6.07, 6.45) is 4.00. The van der Waals surface area contributed by atoms with Crippen LogP contribution in [-0.4, -0.2) is 58.6 Å². The molecule has 3 rings (SSSR count). The zero-order chi connectivity index (χ0) is 14.2. The summed E-state index contributed by atoms with van der Waals surface area (Å²) in [6.45, 7) is 3.98. The van der Waals surface area contributed by atoms with Gasteiger partial charge in [-0.25, -0.2) is 0 Å². The number of fused-ring (bicyclic) bond motifs is 1. The van der Waals surface area contributed by atoms with Gasteiger partial charge in [0, 0.05) is 38.4 Å². The molecule has 2 fully saturated rings. The molecule has 7 heteroatoms. The molecule has 2 aliphatic heterocycles. The van der Waals surface area contributed by atoms with Crippen molar-refractivity contribution in [3.05, 3.63) is 17.4 Å². The fourth-order valence-electron chi connectivity index (χ4n) is 3.28. The molecule has 1 aromatic heterocycles. The number of hydrogen-bond donors (Lipinski definition) is 1. The van der Waals surface area contributed by atoms with Gasteiger partial charge in [0.1, 0.15) is 0 Å². The van der Waals surface area contributed by atoms with Crippen LogP contribution in [-0.2, 0) is 16.1 Å². The molecule has 0 radical (unpaired) electrons. The quantitative estimate of drug-likeness (QED) is 0.897. The third-order valence-electron chi connectivity index (χ3n) is 4.45. The number of carbonyl (C=O) groups is 1. The maximum atomic E-state index is 11.7. The monoisotopic (exact) mass is 299 g/mol. The van der Waals surface area contributed by atoms with Crippen molar-refractivity contribution in [3.63, 3.8) is 0 Å². The third-order valence-corrected chi connectivity index (χ3v) is 4.65. The van der Waals surface area contributed by atoms with Gasteiger partial charge in [0.05, 0.1) is 29.8 Å². The van der Waals surface area contributed by atoms with Crippen molar-refractivity contribution >= 4 is 17.6 Å². The molecular formula is C13H18ClN3O3. The maximum Gasteiger partial charge on any atom is 0.311 e. The van der Waals surface area contributed by atoms with E-state index in [4.69, 9.17) is 16.3 Å². The molecule has 110 valence electrons. The van der Waals surface area contributed by atoms with E-state index in [1.807, 2.05) is 0 Å². The van der Waals surface area contributed by atoms with Crippen LogP contribution in [0.2, 0.25) is 5.02 Å². The van der Waals surface area contributed by atoms with Crippen LogP contribution in [0.3, 0.4) is 0 Å². The first kappa shape index (κ1) is 13.9. The van der Waals surface area contributed by atoms with E-state index in [2.05, 4.69) is 10.00 Å². The van der Waals surface area contributed by atoms with Crippen molar-refractivity contribution in [2.45, 2.75) is 13.0 Å². The SMILES string of the molecule is O=C(O)[C@]12CCOC[C@H]1CN(CCn1cc(Cl)cn1)C2. The summed E-state index contributed by atoms with van der Waals surface area (Å²) in [5.74, 6) is -0.592. The second-order valence-electron chi connectivity index (χ2n) is 5.64. The van der Waals surface area contributed by atoms with Crippen molar-refractivity contribution in [2.24, 2.45) is 11.3 Å². The van der Waals surface area contributed by atoms with Crippen LogP contribution in [0, 0.1) is 11.3 Å². The molecule has 0 amide bonds. The van der Waals surface area contributed by atoms with Crippen molar-refractivity contribution < 1.29 is 14.6 Å². The number of likely N-dealkylation sites (tertiary alicyclic amines) is 1. The van der Waals surface area contributed by atoms with E-state index in [0.717, 1.165) is 19.6 Å². The first-order chi connectivity index (χ1) is 9.60. The van der Waals surface area contributed by atoms with Gasteiger partial charge >= 0.3 is 5.97 Å². The summed E-state index contributed by atoms with van der Waals surface area (Å²) in [7, 11) is 0. The summed E-state index contributed by atoms with van der Waals surface area (Å²) in [6, 6.07) is 0. The van der Waals surface area contributed by atoms with Gasteiger partial charge in [-0.05, 0) is 6.42 Å². The van der Waals surface area contributed by atoms with Crippen molar-refractivity contribution in [2.75, 3.05) is 32.8 Å². The molecule has 0 spiro atoms. The van der Waals surface area contributed by atoms with Gasteiger partial charge in [0.2, 0.25) is 0 Å². The normalized spacial score (nSPS) is 30.4. The number of hydrogen-bond acceptors (Lipinski definition) is 4. The van der Waals surface area contributed by atoms with Crippen LogP contribution in [0.4, 0.5) is 0 Å². The van der Waals surface area contributed by atoms with Crippen molar-refractivity contribution in [3.8, 4) is 0 Å². The molecule has 0 bridgehead atoms. The van der Waals surface area contributed by atoms with E-state index in [0.29, 0.717) is 31.2 Å². The molecule has 3 heterocycles. The average Bonchev–Trinajstić information content (AvgIpc) is 3.00. The number of nitrogens with zero attached hydrogens (tertiary/aromatic N) is 3. The molecule has 20 heavy (non-hydrogen) atoms. The molecule has 1 N–H and O–H groups in total. The molecule has 2 saturated heterocycles. The highest BCUT2D eigenvalue weighted by Crippen LogP contribution is 2.42. The zero-order valence-corrected chi connectivity index (χ0v) is 11.9. The minimum Gasteiger partial charge on any atom is -0.481 e. The van der Waals surface area contributed by atoms with Gasteiger partial charge in [0.25, 0.3) is 0 Å². The minimum atomic E-state index is -0.685. The Balaban J connectivity index is 1.63. The van der Waals surface area contributed by atoms with Gasteiger partial charge in [-0.15, -0.1) is 0 Å². The Kier molecular flexibility index (Phi) is 3.70. The summed E-state index contributed by atoms with van der Waals surface area (Å²) in [5.41, 5.74) is -0.625. The van der Waals surface area contributed by atoms with Gasteiger partial charge < -0.3 is 9.84 Å². The Morgan fingerprint density at radius 3 is 3.10 bits per heavy atom. The van der Waals surface area contributed by atoms with E-state index in [9.17, 15) is 9.90 Å². The number of halogens is 1. The Morgan fingerprint density at radius 2 is 2.45 bits per heavy atom. The number of carboxylic acids is 1. The molecule has 0 unspecified atom stereocenters. The van der Waals surface area contributed by atoms with Crippen LogP contribution in [0.15, 0.2) is 12.4 Å². The number of aromatic nitrogens is 2. The Bertz CT molecular complexity index is 507. The summed E-state index contributed by atoms with van der Waals surface area (Å²) in [4.78, 5) is 13.9. The smallest absolute Gasteiger partial charge is 0.311 e. The van der Waals surface area contributed by atoms with E-state index in [1.165, 1.54) is 0 Å². The molecule has 6 nitrogen and oxygen atoms in total. The Labute approximate surface area is 122 Å². The van der Waals surface area contributed by atoms with E-state index in [1.54, 1.807) is 17.1 Å². The fraction of sp³-hybridized carbons (Fsp3) is 0.692.